The number of carbonyl (C=O) groups excluding carboxylic acids is 4. The van der Waals surface area contributed by atoms with Crippen molar-refractivity contribution in [2.75, 3.05) is 99.6 Å². The summed E-state index contributed by atoms with van der Waals surface area (Å²) in [6.45, 7) is 21.3. The monoisotopic (exact) mass is 1660 g/mol. The number of hydrogen-bond donors (Lipinski definition) is 0. The molecule has 4 amide bonds. The van der Waals surface area contributed by atoms with Crippen LogP contribution in [0.4, 0.5) is 0 Å². The molecule has 650 valence electrons. The molecule has 0 saturated carbocycles. The third kappa shape index (κ3) is 21.9. The summed E-state index contributed by atoms with van der Waals surface area (Å²) in [6, 6.07) is 68.6. The van der Waals surface area contributed by atoms with Crippen molar-refractivity contribution in [3.8, 4) is 17.2 Å². The zero-order valence-electron chi connectivity index (χ0n) is 73.1. The van der Waals surface area contributed by atoms with Crippen molar-refractivity contribution in [2.24, 2.45) is 0 Å². The van der Waals surface area contributed by atoms with E-state index in [1.807, 2.05) is 143 Å². The van der Waals surface area contributed by atoms with E-state index in [1.165, 1.54) is 22.3 Å². The van der Waals surface area contributed by atoms with Gasteiger partial charge in [0.2, 0.25) is 0 Å². The molecule has 8 aromatic rings. The van der Waals surface area contributed by atoms with Gasteiger partial charge in [0.05, 0.1) is 103 Å². The topological polar surface area (TPSA) is 183 Å². The van der Waals surface area contributed by atoms with Crippen LogP contribution in [-0.2, 0) is 44.3 Å². The Morgan fingerprint density at radius 3 is 1.04 bits per heavy atom. The lowest BCUT2D eigenvalue weighted by Gasteiger charge is -2.49. The number of ether oxygens (including phenoxy) is 11. The molecule has 8 unspecified atom stereocenters. The fraction of sp³-hybridized carbons (Fsp3) is 0.495. The van der Waals surface area contributed by atoms with E-state index >= 15 is 0 Å². The second kappa shape index (κ2) is 41.9. The van der Waals surface area contributed by atoms with Crippen molar-refractivity contribution >= 4 is 23.6 Å². The number of nitrogens with zero attached hydrogens (tertiary/aromatic N) is 4. The third-order valence-electron chi connectivity index (χ3n) is 26.5. The maximum absolute atomic E-state index is 13.4. The predicted molar refractivity (Wildman–Crippen MR) is 473 cm³/mol. The fourth-order valence-electron chi connectivity index (χ4n) is 20.1. The lowest BCUT2D eigenvalue weighted by Crippen LogP contribution is -2.52. The van der Waals surface area contributed by atoms with E-state index in [1.54, 1.807) is 14.2 Å². The smallest absolute Gasteiger partial charge is 0.257 e. The zero-order valence-corrected chi connectivity index (χ0v) is 73.1. The highest BCUT2D eigenvalue weighted by atomic mass is 16.6. The molecule has 0 radical (unpaired) electrons. The van der Waals surface area contributed by atoms with E-state index in [0.717, 1.165) is 169 Å². The molecule has 19 heteroatoms. The second-order valence-corrected chi connectivity index (χ2v) is 34.5. The van der Waals surface area contributed by atoms with Gasteiger partial charge in [0.25, 0.3) is 23.6 Å². The summed E-state index contributed by atoms with van der Waals surface area (Å²) in [5, 5.41) is 0. The summed E-state index contributed by atoms with van der Waals surface area (Å²) >= 11 is 0. The van der Waals surface area contributed by atoms with Crippen LogP contribution in [0.2, 0.25) is 0 Å². The average molecular weight is 1660 g/mol. The Kier molecular flexibility index (Phi) is 30.6. The van der Waals surface area contributed by atoms with Crippen molar-refractivity contribution < 1.29 is 71.3 Å². The molecule has 0 aliphatic carbocycles. The minimum absolute atomic E-state index is 0.0269. The number of piperidine rings is 4. The number of methoxy groups -OCH3 is 2. The highest BCUT2D eigenvalue weighted by Gasteiger charge is 2.50. The van der Waals surface area contributed by atoms with Crippen molar-refractivity contribution in [2.45, 2.75) is 228 Å². The van der Waals surface area contributed by atoms with Gasteiger partial charge < -0.3 is 71.7 Å². The summed E-state index contributed by atoms with van der Waals surface area (Å²) in [5.41, 5.74) is 9.93. The van der Waals surface area contributed by atoms with Crippen molar-refractivity contribution in [1.82, 2.24) is 19.6 Å². The minimum atomic E-state index is -0.240. The second-order valence-electron chi connectivity index (χ2n) is 34.5. The van der Waals surface area contributed by atoms with E-state index in [2.05, 4.69) is 124 Å². The molecule has 0 N–H and O–H groups in total. The highest BCUT2D eigenvalue weighted by Crippen LogP contribution is 2.50. The summed E-state index contributed by atoms with van der Waals surface area (Å²) < 4.78 is 67.8. The number of carbonyl (C=O) groups is 4. The first-order chi connectivity index (χ1) is 59.4. The van der Waals surface area contributed by atoms with Crippen LogP contribution in [0.3, 0.4) is 0 Å². The Labute approximate surface area is 723 Å². The van der Waals surface area contributed by atoms with Gasteiger partial charge in [-0.1, -0.05) is 164 Å². The lowest BCUT2D eigenvalue weighted by molar-refractivity contribution is -0.191. The van der Waals surface area contributed by atoms with Gasteiger partial charge in [-0.3, -0.25) is 19.2 Å². The molecule has 9 aliphatic heterocycles. The Morgan fingerprint density at radius 2 is 0.680 bits per heavy atom. The van der Waals surface area contributed by atoms with Crippen LogP contribution in [0.25, 0.3) is 0 Å². The minimum Gasteiger partial charge on any atom is -0.496 e. The molecule has 8 atom stereocenters. The number of aryl methyl sites for hydroxylation is 3. The molecule has 9 aliphatic rings. The van der Waals surface area contributed by atoms with Crippen LogP contribution in [0.5, 0.6) is 17.2 Å². The van der Waals surface area contributed by atoms with Crippen molar-refractivity contribution in [3.05, 3.63) is 267 Å². The summed E-state index contributed by atoms with van der Waals surface area (Å²) in [7, 11) is 3.25. The lowest BCUT2D eigenvalue weighted by atomic mass is 9.80. The van der Waals surface area contributed by atoms with Gasteiger partial charge in [-0.2, -0.15) is 0 Å². The summed E-state index contributed by atoms with van der Waals surface area (Å²) in [5.74, 6) is 2.54. The molecular formula is C103H128N4O15. The van der Waals surface area contributed by atoms with Gasteiger partial charge >= 0.3 is 0 Å². The maximum Gasteiger partial charge on any atom is 0.257 e. The van der Waals surface area contributed by atoms with Crippen LogP contribution in [0.1, 0.15) is 242 Å². The van der Waals surface area contributed by atoms with Gasteiger partial charge in [-0.05, 0) is 187 Å². The van der Waals surface area contributed by atoms with Crippen LogP contribution in [0, 0.1) is 13.8 Å². The molecular weight excluding hydrogens is 1530 g/mol. The van der Waals surface area contributed by atoms with Crippen LogP contribution < -0.4 is 14.2 Å². The molecule has 19 nitrogen and oxygen atoms in total. The number of rotatable bonds is 18. The van der Waals surface area contributed by atoms with Crippen LogP contribution in [0.15, 0.2) is 206 Å². The van der Waals surface area contributed by atoms with Crippen LogP contribution >= 0.6 is 0 Å². The van der Waals surface area contributed by atoms with Gasteiger partial charge in [0, 0.05) is 141 Å². The molecule has 8 fully saturated rings. The first-order valence-corrected chi connectivity index (χ1v) is 45.1. The highest BCUT2D eigenvalue weighted by molar-refractivity contribution is 5.98. The number of amides is 4. The third-order valence-corrected chi connectivity index (χ3v) is 26.5. The molecule has 17 rings (SSSR count). The number of hydrogen-bond acceptors (Lipinski definition) is 15. The van der Waals surface area contributed by atoms with Gasteiger partial charge in [-0.25, -0.2) is 0 Å². The molecule has 122 heavy (non-hydrogen) atoms. The quantitative estimate of drug-likeness (QED) is 0.0790. The van der Waals surface area contributed by atoms with Crippen LogP contribution in [-0.4, -0.2) is 190 Å². The van der Waals surface area contributed by atoms with Gasteiger partial charge in [0.1, 0.15) is 17.2 Å². The Hall–Kier alpha value is -9.28. The average Bonchev–Trinajstić information content (AvgIpc) is 0.784. The normalized spacial score (nSPS) is 23.7. The van der Waals surface area contributed by atoms with E-state index < -0.39 is 0 Å². The van der Waals surface area contributed by atoms with Crippen molar-refractivity contribution in [3.63, 3.8) is 0 Å². The molecule has 8 saturated heterocycles. The van der Waals surface area contributed by atoms with E-state index in [4.69, 9.17) is 52.1 Å². The standard InChI is InChI=1S/C27H33NO4.C26H33NO4.C25H31NO4.C25H31NO3/c1-2-30-22-18-24(20-8-4-3-5-9-20)32-27(19-22)13-15-28(16-14-27)26(29)23-12-6-10-21-11-7-17-31-25(21)23;1-4-30-22-17-24(20-8-6-5-7-9-20)31-26(18-22)12-14-27(15-13-26)25(28)21-10-11-23(29-3)19(2)16-21;1-3-29-20-17-23(19-9-5-4-6-10-19)30-25(18-20)13-15-26(16-14-25)24(27)21-11-7-8-12-22(21)28-2;1-3-28-21-17-23(20-10-5-4-6-11-20)29-25(18-21)13-15-26(16-14-25)24(27)22-12-8-7-9-19(22)2/h3-6,8-10,12,22,24H,2,7,11,13-19H2,1H3;5-11,16,22,24H,4,12-15,17-18H2,1-3H3;4-12,20,23H,3,13-18H2,1-2H3;4-12,21,23H,3,13-18H2,1-2H3. The van der Waals surface area contributed by atoms with E-state index in [-0.39, 0.29) is 94.9 Å². The van der Waals surface area contributed by atoms with Gasteiger partial charge in [-0.15, -0.1) is 0 Å². The zero-order chi connectivity index (χ0) is 85.1. The van der Waals surface area contributed by atoms with E-state index in [9.17, 15) is 19.2 Å². The van der Waals surface area contributed by atoms with Crippen molar-refractivity contribution in [1.29, 1.82) is 0 Å². The van der Waals surface area contributed by atoms with E-state index in [0.29, 0.717) is 88.1 Å². The summed E-state index contributed by atoms with van der Waals surface area (Å²) in [6.07, 6.45) is 16.8. The molecule has 8 aromatic carbocycles. The number of fused-ring (bicyclic) bond motifs is 1. The van der Waals surface area contributed by atoms with Gasteiger partial charge in [0.15, 0.2) is 0 Å². The predicted octanol–water partition coefficient (Wildman–Crippen LogP) is 19.4. The first kappa shape index (κ1) is 89.0. The fourth-order valence-corrected chi connectivity index (χ4v) is 20.1. The maximum atomic E-state index is 13.4. The largest absolute Gasteiger partial charge is 0.496 e. The Bertz CT molecular complexity index is 4670. The molecule has 0 bridgehead atoms. The first-order valence-electron chi connectivity index (χ1n) is 45.1. The molecule has 9 heterocycles. The molecule has 4 spiro atoms. The Morgan fingerprint density at radius 1 is 0.352 bits per heavy atom. The number of likely N-dealkylation sites (tertiary alicyclic amines) is 4. The Balaban J connectivity index is 0.000000133. The molecule has 0 aromatic heterocycles. The number of para-hydroxylation sites is 2. The SMILES string of the molecule is CCOC1CC(c2ccccc2)OC2(CCN(C(=O)c3ccc(OC)c(C)c3)CC2)C1.CCOC1CC(c2ccccc2)OC2(CCN(C(=O)c3cccc4c3OCCC4)CC2)C1.CCOC1CC(c2ccccc2)OC2(CCN(C(=O)c3ccccc3C)CC2)C1.CCOC1CC(c2ccccc2)OC2(CCN(C(=O)c3ccccc3OC)CC2)C1. The summed E-state index contributed by atoms with van der Waals surface area (Å²) in [4.78, 5) is 60.4. The number of benzene rings is 8.